The largest absolute Gasteiger partial charge is 0.391 e. The molecule has 0 spiro atoms. The molecule has 0 saturated heterocycles. The molecule has 3 nitrogen and oxygen atoms in total. The number of hydrogen-bond donors (Lipinski definition) is 1. The Kier molecular flexibility index (Phi) is 2.49. The van der Waals surface area contributed by atoms with Crippen molar-refractivity contribution in [3.63, 3.8) is 0 Å². The van der Waals surface area contributed by atoms with Gasteiger partial charge in [-0.3, -0.25) is 4.57 Å². The average Bonchev–Trinajstić information content (AvgIpc) is 2.30. The minimum Gasteiger partial charge on any atom is -0.313 e. The fourth-order valence-electron chi connectivity index (χ4n) is 1.11. The topological polar surface area (TPSA) is 37.8 Å². The number of nitrogens with zero attached hydrogens (tertiary/aromatic N) is 1. The van der Waals surface area contributed by atoms with Crippen LogP contribution in [0.15, 0.2) is 17.2 Å². The number of nitrogens with one attached hydrogen (secondary N) is 1. The molecule has 0 radical (unpaired) electrons. The van der Waals surface area contributed by atoms with E-state index in [1.807, 2.05) is 0 Å². The Morgan fingerprint density at radius 3 is 2.62 bits per heavy atom. The summed E-state index contributed by atoms with van der Waals surface area (Å²) >= 11 is 0. The first-order valence-corrected chi connectivity index (χ1v) is 3.72. The lowest BCUT2D eigenvalue weighted by molar-refractivity contribution is -0.141. The van der Waals surface area contributed by atoms with Gasteiger partial charge in [0.15, 0.2) is 0 Å². The van der Waals surface area contributed by atoms with Crippen LogP contribution in [0.25, 0.3) is 0 Å². The summed E-state index contributed by atoms with van der Waals surface area (Å²) in [4.78, 5) is 13.2. The quantitative estimate of drug-likeness (QED) is 0.764. The van der Waals surface area contributed by atoms with Gasteiger partial charge in [0.1, 0.15) is 0 Å². The van der Waals surface area contributed by atoms with Crippen LogP contribution >= 0.6 is 0 Å². The van der Waals surface area contributed by atoms with Gasteiger partial charge in [0.05, 0.1) is 6.42 Å². The van der Waals surface area contributed by atoms with E-state index in [1.165, 1.54) is 19.3 Å². The highest BCUT2D eigenvalue weighted by molar-refractivity contribution is 4.80. The number of alkyl halides is 3. The van der Waals surface area contributed by atoms with Crippen LogP contribution in [0.2, 0.25) is 0 Å². The fourth-order valence-corrected chi connectivity index (χ4v) is 1.11. The number of hydrogen-bond acceptors (Lipinski definition) is 1. The van der Waals surface area contributed by atoms with E-state index in [0.717, 1.165) is 4.57 Å². The molecule has 1 heterocycles. The summed E-state index contributed by atoms with van der Waals surface area (Å²) in [6.45, 7) is 1.35. The third kappa shape index (κ3) is 2.64. The molecule has 0 aliphatic carbocycles. The molecular weight excluding hydrogens is 185 g/mol. The number of imidazole rings is 1. The number of aromatic amines is 1. The highest BCUT2D eigenvalue weighted by Gasteiger charge is 2.30. The Morgan fingerprint density at radius 1 is 1.62 bits per heavy atom. The number of H-pyrrole nitrogens is 1. The van der Waals surface area contributed by atoms with Crippen LogP contribution in [-0.4, -0.2) is 15.7 Å². The van der Waals surface area contributed by atoms with E-state index < -0.39 is 24.3 Å². The molecule has 1 aromatic heterocycles. The summed E-state index contributed by atoms with van der Waals surface area (Å²) in [5.74, 6) is 0. The molecule has 0 aliphatic rings. The zero-order valence-corrected chi connectivity index (χ0v) is 6.93. The van der Waals surface area contributed by atoms with Crippen LogP contribution in [0.4, 0.5) is 13.2 Å². The van der Waals surface area contributed by atoms with Crippen molar-refractivity contribution in [2.45, 2.75) is 25.6 Å². The number of rotatable bonds is 2. The van der Waals surface area contributed by atoms with Crippen LogP contribution in [0.3, 0.4) is 0 Å². The van der Waals surface area contributed by atoms with Crippen LogP contribution in [0, 0.1) is 0 Å². The zero-order valence-electron chi connectivity index (χ0n) is 6.93. The third-order valence-corrected chi connectivity index (χ3v) is 1.68. The SMILES string of the molecule is CC(CC(F)(F)F)n1cc[nH]c1=O. The molecule has 1 atom stereocenters. The Bertz CT molecular complexity index is 325. The van der Waals surface area contributed by atoms with Crippen molar-refractivity contribution < 1.29 is 13.2 Å². The summed E-state index contributed by atoms with van der Waals surface area (Å²) in [6, 6.07) is -0.862. The first-order valence-electron chi connectivity index (χ1n) is 3.72. The second-order valence-corrected chi connectivity index (χ2v) is 2.84. The van der Waals surface area contributed by atoms with Crippen molar-refractivity contribution in [2.24, 2.45) is 0 Å². The van der Waals surface area contributed by atoms with E-state index in [0.29, 0.717) is 0 Å². The molecule has 0 bridgehead atoms. The van der Waals surface area contributed by atoms with Gasteiger partial charge in [-0.05, 0) is 6.92 Å². The lowest BCUT2D eigenvalue weighted by Crippen LogP contribution is -2.24. The summed E-state index contributed by atoms with van der Waals surface area (Å²) in [6.07, 6.45) is -2.62. The molecule has 0 fully saturated rings. The minimum atomic E-state index is -4.24. The predicted octanol–water partition coefficient (Wildman–Crippen LogP) is 1.69. The van der Waals surface area contributed by atoms with Gasteiger partial charge in [-0.25, -0.2) is 4.79 Å². The van der Waals surface area contributed by atoms with E-state index in [2.05, 4.69) is 4.98 Å². The van der Waals surface area contributed by atoms with E-state index in [4.69, 9.17) is 0 Å². The molecule has 1 rings (SSSR count). The van der Waals surface area contributed by atoms with Crippen molar-refractivity contribution in [2.75, 3.05) is 0 Å². The predicted molar refractivity (Wildman–Crippen MR) is 40.4 cm³/mol. The van der Waals surface area contributed by atoms with E-state index in [9.17, 15) is 18.0 Å². The van der Waals surface area contributed by atoms with Crippen LogP contribution < -0.4 is 5.69 Å². The van der Waals surface area contributed by atoms with Gasteiger partial charge in [-0.2, -0.15) is 13.2 Å². The highest BCUT2D eigenvalue weighted by atomic mass is 19.4. The molecule has 1 unspecified atom stereocenters. The summed E-state index contributed by atoms with van der Waals surface area (Å²) in [7, 11) is 0. The smallest absolute Gasteiger partial charge is 0.313 e. The number of aromatic nitrogens is 2. The van der Waals surface area contributed by atoms with Crippen molar-refractivity contribution in [3.8, 4) is 0 Å². The molecule has 0 aliphatic heterocycles. The van der Waals surface area contributed by atoms with Gasteiger partial charge < -0.3 is 4.98 Å². The maximum Gasteiger partial charge on any atom is 0.391 e. The maximum absolute atomic E-state index is 11.9. The zero-order chi connectivity index (χ0) is 10.1. The maximum atomic E-state index is 11.9. The van der Waals surface area contributed by atoms with Gasteiger partial charge in [-0.15, -0.1) is 0 Å². The van der Waals surface area contributed by atoms with Crippen molar-refractivity contribution in [1.29, 1.82) is 0 Å². The molecule has 13 heavy (non-hydrogen) atoms. The highest BCUT2D eigenvalue weighted by Crippen LogP contribution is 2.26. The third-order valence-electron chi connectivity index (χ3n) is 1.68. The molecule has 6 heteroatoms. The standard InChI is InChI=1S/C7H9F3N2O/c1-5(4-7(8,9)10)12-3-2-11-6(12)13/h2-3,5H,4H2,1H3,(H,11,13). The van der Waals surface area contributed by atoms with Crippen molar-refractivity contribution >= 4 is 0 Å². The van der Waals surface area contributed by atoms with E-state index in [1.54, 1.807) is 0 Å². The molecule has 1 N–H and O–H groups in total. The lowest BCUT2D eigenvalue weighted by atomic mass is 10.2. The van der Waals surface area contributed by atoms with Gasteiger partial charge >= 0.3 is 11.9 Å². The molecule has 0 aromatic carbocycles. The van der Waals surface area contributed by atoms with Crippen molar-refractivity contribution in [3.05, 3.63) is 22.9 Å². The Hall–Kier alpha value is -1.20. The molecule has 74 valence electrons. The van der Waals surface area contributed by atoms with Crippen LogP contribution in [0.5, 0.6) is 0 Å². The van der Waals surface area contributed by atoms with Gasteiger partial charge in [0.2, 0.25) is 0 Å². The van der Waals surface area contributed by atoms with Gasteiger partial charge in [0, 0.05) is 18.4 Å². The summed E-state index contributed by atoms with van der Waals surface area (Å²) in [5.41, 5.74) is -0.517. The van der Waals surface area contributed by atoms with Crippen LogP contribution in [0.1, 0.15) is 19.4 Å². The second-order valence-electron chi connectivity index (χ2n) is 2.84. The molecule has 1 aromatic rings. The molecule has 0 saturated carbocycles. The Labute approximate surface area is 72.2 Å². The minimum absolute atomic E-state index is 0.517. The van der Waals surface area contributed by atoms with Crippen molar-refractivity contribution in [1.82, 2.24) is 9.55 Å². The van der Waals surface area contributed by atoms with Crippen LogP contribution in [-0.2, 0) is 0 Å². The van der Waals surface area contributed by atoms with E-state index >= 15 is 0 Å². The first-order chi connectivity index (χ1) is 5.90. The fraction of sp³-hybridized carbons (Fsp3) is 0.571. The summed E-state index contributed by atoms with van der Waals surface area (Å²) < 4.78 is 36.7. The molecular formula is C7H9F3N2O. The Balaban J connectivity index is 2.75. The average molecular weight is 194 g/mol. The summed E-state index contributed by atoms with van der Waals surface area (Å²) in [5, 5.41) is 0. The first kappa shape index (κ1) is 9.88. The van der Waals surface area contributed by atoms with Gasteiger partial charge in [0.25, 0.3) is 0 Å². The number of halogens is 3. The Morgan fingerprint density at radius 2 is 2.23 bits per heavy atom. The monoisotopic (exact) mass is 194 g/mol. The molecule has 0 amide bonds. The lowest BCUT2D eigenvalue weighted by Gasteiger charge is -2.13. The van der Waals surface area contributed by atoms with E-state index in [-0.39, 0.29) is 0 Å². The second kappa shape index (κ2) is 3.27. The van der Waals surface area contributed by atoms with Gasteiger partial charge in [-0.1, -0.05) is 0 Å². The normalized spacial score (nSPS) is 14.5.